The molecule has 1 unspecified atom stereocenters. The normalized spacial score (nSPS) is 18.4. The van der Waals surface area contributed by atoms with Gasteiger partial charge in [-0.2, -0.15) is 0 Å². The Balaban J connectivity index is 1.90. The number of piperidine rings is 1. The van der Waals surface area contributed by atoms with Gasteiger partial charge in [0.2, 0.25) is 17.7 Å². The number of ether oxygens (including phenoxy) is 1. The number of benzene rings is 1. The molecule has 1 fully saturated rings. The number of hydrogen-bond donors (Lipinski definition) is 2. The summed E-state index contributed by atoms with van der Waals surface area (Å²) < 4.78 is 5.04. The smallest absolute Gasteiger partial charge is 0.249 e. The number of methoxy groups -OCH3 is 1. The molecule has 0 spiro atoms. The van der Waals surface area contributed by atoms with E-state index in [2.05, 4.69) is 10.6 Å². The second-order valence-electron chi connectivity index (χ2n) is 4.62. The van der Waals surface area contributed by atoms with E-state index in [1.165, 1.54) is 6.08 Å². The molecule has 0 bridgehead atoms. The molecule has 1 aromatic carbocycles. The summed E-state index contributed by atoms with van der Waals surface area (Å²) in [5.41, 5.74) is 0.842. The van der Waals surface area contributed by atoms with Crippen LogP contribution in [-0.4, -0.2) is 30.9 Å². The van der Waals surface area contributed by atoms with E-state index in [9.17, 15) is 14.4 Å². The number of carbonyl (C=O) groups excluding carboxylic acids is 3. The maximum absolute atomic E-state index is 11.7. The van der Waals surface area contributed by atoms with Gasteiger partial charge in [0, 0.05) is 12.5 Å². The van der Waals surface area contributed by atoms with E-state index in [1.54, 1.807) is 25.3 Å². The van der Waals surface area contributed by atoms with Crippen molar-refractivity contribution >= 4 is 23.8 Å². The summed E-state index contributed by atoms with van der Waals surface area (Å²) in [5.74, 6) is -0.405. The third kappa shape index (κ3) is 4.17. The molecule has 1 saturated heterocycles. The number of hydrogen-bond acceptors (Lipinski definition) is 4. The first-order valence-electron chi connectivity index (χ1n) is 6.55. The molecule has 1 atom stereocenters. The van der Waals surface area contributed by atoms with Crippen LogP contribution in [0.4, 0.5) is 0 Å². The Morgan fingerprint density at radius 2 is 2.05 bits per heavy atom. The molecule has 2 N–H and O–H groups in total. The fraction of sp³-hybridized carbons (Fsp3) is 0.267. The molecule has 6 nitrogen and oxygen atoms in total. The van der Waals surface area contributed by atoms with Gasteiger partial charge in [-0.3, -0.25) is 19.7 Å². The van der Waals surface area contributed by atoms with E-state index in [1.807, 2.05) is 12.1 Å². The molecule has 6 heteroatoms. The van der Waals surface area contributed by atoms with Crippen molar-refractivity contribution in [2.75, 3.05) is 7.11 Å². The first-order valence-corrected chi connectivity index (χ1v) is 6.55. The van der Waals surface area contributed by atoms with Gasteiger partial charge < -0.3 is 10.1 Å². The van der Waals surface area contributed by atoms with Crippen molar-refractivity contribution in [2.24, 2.45) is 0 Å². The molecule has 1 aromatic rings. The van der Waals surface area contributed by atoms with Crippen LogP contribution in [-0.2, 0) is 14.4 Å². The van der Waals surface area contributed by atoms with E-state index in [0.29, 0.717) is 6.42 Å². The van der Waals surface area contributed by atoms with Crippen LogP contribution < -0.4 is 15.4 Å². The third-order valence-corrected chi connectivity index (χ3v) is 3.10. The number of rotatable bonds is 4. The molecule has 110 valence electrons. The number of amides is 3. The Morgan fingerprint density at radius 1 is 1.33 bits per heavy atom. The predicted molar refractivity (Wildman–Crippen MR) is 76.3 cm³/mol. The Morgan fingerprint density at radius 3 is 2.67 bits per heavy atom. The molecule has 1 aliphatic heterocycles. The monoisotopic (exact) mass is 288 g/mol. The SMILES string of the molecule is COc1ccc(C=CC(=O)NC2CCC(=O)NC2=O)cc1. The van der Waals surface area contributed by atoms with Gasteiger partial charge in [-0.25, -0.2) is 0 Å². The lowest BCUT2D eigenvalue weighted by atomic mass is 10.1. The van der Waals surface area contributed by atoms with Crippen molar-refractivity contribution in [2.45, 2.75) is 18.9 Å². The Hall–Kier alpha value is -2.63. The highest BCUT2D eigenvalue weighted by molar-refractivity contribution is 6.03. The van der Waals surface area contributed by atoms with Crippen molar-refractivity contribution in [3.8, 4) is 5.75 Å². The van der Waals surface area contributed by atoms with E-state index in [4.69, 9.17) is 4.74 Å². The van der Waals surface area contributed by atoms with Crippen LogP contribution in [0.25, 0.3) is 6.08 Å². The molecule has 0 radical (unpaired) electrons. The first kappa shape index (κ1) is 14.8. The molecule has 2 rings (SSSR count). The lowest BCUT2D eigenvalue weighted by Crippen LogP contribution is -2.51. The zero-order chi connectivity index (χ0) is 15.2. The minimum absolute atomic E-state index is 0.235. The molecule has 0 aliphatic carbocycles. The Labute approximate surface area is 122 Å². The quantitative estimate of drug-likeness (QED) is 0.628. The van der Waals surface area contributed by atoms with Crippen molar-refractivity contribution in [1.82, 2.24) is 10.6 Å². The summed E-state index contributed by atoms with van der Waals surface area (Å²) in [6.07, 6.45) is 3.55. The van der Waals surface area contributed by atoms with Gasteiger partial charge in [0.05, 0.1) is 7.11 Å². The Bertz CT molecular complexity index is 578. The van der Waals surface area contributed by atoms with Crippen molar-refractivity contribution < 1.29 is 19.1 Å². The largest absolute Gasteiger partial charge is 0.497 e. The molecular formula is C15H16N2O4. The number of imide groups is 1. The minimum Gasteiger partial charge on any atom is -0.497 e. The van der Waals surface area contributed by atoms with Crippen LogP contribution in [0.2, 0.25) is 0 Å². The molecular weight excluding hydrogens is 272 g/mol. The van der Waals surface area contributed by atoms with Gasteiger partial charge in [0.25, 0.3) is 0 Å². The van der Waals surface area contributed by atoms with Gasteiger partial charge in [-0.05, 0) is 30.2 Å². The second kappa shape index (κ2) is 6.69. The Kier molecular flexibility index (Phi) is 4.71. The van der Waals surface area contributed by atoms with Crippen LogP contribution in [0.3, 0.4) is 0 Å². The van der Waals surface area contributed by atoms with E-state index in [0.717, 1.165) is 11.3 Å². The maximum atomic E-state index is 11.7. The predicted octanol–water partition coefficient (Wildman–Crippen LogP) is 0.630. The van der Waals surface area contributed by atoms with Crippen LogP contribution in [0.1, 0.15) is 18.4 Å². The van der Waals surface area contributed by atoms with E-state index in [-0.39, 0.29) is 18.2 Å². The zero-order valence-electron chi connectivity index (χ0n) is 11.6. The highest BCUT2D eigenvalue weighted by Crippen LogP contribution is 2.12. The van der Waals surface area contributed by atoms with Crippen molar-refractivity contribution in [3.05, 3.63) is 35.9 Å². The van der Waals surface area contributed by atoms with Crippen LogP contribution in [0, 0.1) is 0 Å². The molecule has 21 heavy (non-hydrogen) atoms. The molecule has 3 amide bonds. The van der Waals surface area contributed by atoms with Gasteiger partial charge >= 0.3 is 0 Å². The summed E-state index contributed by atoms with van der Waals surface area (Å²) >= 11 is 0. The molecule has 1 aliphatic rings. The van der Waals surface area contributed by atoms with Gasteiger partial charge in [0.1, 0.15) is 11.8 Å². The van der Waals surface area contributed by atoms with Crippen LogP contribution in [0.15, 0.2) is 30.3 Å². The van der Waals surface area contributed by atoms with Gasteiger partial charge in [0.15, 0.2) is 0 Å². The number of carbonyl (C=O) groups is 3. The van der Waals surface area contributed by atoms with Crippen molar-refractivity contribution in [3.63, 3.8) is 0 Å². The molecule has 0 aromatic heterocycles. The lowest BCUT2D eigenvalue weighted by Gasteiger charge is -2.20. The average Bonchev–Trinajstić information content (AvgIpc) is 2.48. The fourth-order valence-electron chi connectivity index (χ4n) is 1.94. The first-order chi connectivity index (χ1) is 10.1. The van der Waals surface area contributed by atoms with Gasteiger partial charge in [-0.15, -0.1) is 0 Å². The molecule has 1 heterocycles. The highest BCUT2D eigenvalue weighted by Gasteiger charge is 2.27. The summed E-state index contributed by atoms with van der Waals surface area (Å²) in [5, 5.41) is 4.76. The van der Waals surface area contributed by atoms with E-state index < -0.39 is 11.9 Å². The van der Waals surface area contributed by atoms with Crippen LogP contribution in [0.5, 0.6) is 5.75 Å². The lowest BCUT2D eigenvalue weighted by molar-refractivity contribution is -0.136. The summed E-state index contributed by atoms with van der Waals surface area (Å²) in [6.45, 7) is 0. The zero-order valence-corrected chi connectivity index (χ0v) is 11.6. The topological polar surface area (TPSA) is 84.5 Å². The maximum Gasteiger partial charge on any atom is 0.249 e. The van der Waals surface area contributed by atoms with Crippen molar-refractivity contribution in [1.29, 1.82) is 0 Å². The summed E-state index contributed by atoms with van der Waals surface area (Å²) in [7, 11) is 1.58. The highest BCUT2D eigenvalue weighted by atomic mass is 16.5. The summed E-state index contributed by atoms with van der Waals surface area (Å²) in [4.78, 5) is 34.2. The minimum atomic E-state index is -0.657. The van der Waals surface area contributed by atoms with E-state index >= 15 is 0 Å². The van der Waals surface area contributed by atoms with Gasteiger partial charge in [-0.1, -0.05) is 12.1 Å². The average molecular weight is 288 g/mol. The summed E-state index contributed by atoms with van der Waals surface area (Å²) in [6, 6.07) is 6.55. The second-order valence-corrected chi connectivity index (χ2v) is 4.62. The number of nitrogens with one attached hydrogen (secondary N) is 2. The third-order valence-electron chi connectivity index (χ3n) is 3.10. The molecule has 0 saturated carbocycles. The van der Waals surface area contributed by atoms with Crippen LogP contribution >= 0.6 is 0 Å². The fourth-order valence-corrected chi connectivity index (χ4v) is 1.94. The standard InChI is InChI=1S/C15H16N2O4/c1-21-11-5-2-10(3-6-11)4-8-13(18)16-12-7-9-14(19)17-15(12)20/h2-6,8,12H,7,9H2,1H3,(H,16,18)(H,17,19,20).